The Kier molecular flexibility index (Phi) is 4.08. The normalized spacial score (nSPS) is 11.6. The Bertz CT molecular complexity index is 606. The molecule has 1 N–H and O–H groups in total. The third-order valence-corrected chi connectivity index (χ3v) is 3.58. The number of furan rings is 1. The maximum absolute atomic E-state index is 12.6. The van der Waals surface area contributed by atoms with Crippen molar-refractivity contribution in [2.24, 2.45) is 0 Å². The van der Waals surface area contributed by atoms with Gasteiger partial charge < -0.3 is 9.52 Å². The zero-order chi connectivity index (χ0) is 14.8. The Balaban J connectivity index is 2.26. The summed E-state index contributed by atoms with van der Waals surface area (Å²) >= 11 is 1.11. The van der Waals surface area contributed by atoms with E-state index in [1.807, 2.05) is 0 Å². The lowest BCUT2D eigenvalue weighted by atomic mass is 10.1. The number of hydrogen-bond donors (Lipinski definition) is 1. The molecule has 1 aromatic carbocycles. The highest BCUT2D eigenvalue weighted by atomic mass is 32.2. The maximum Gasteiger partial charge on any atom is 0.416 e. The summed E-state index contributed by atoms with van der Waals surface area (Å²) in [4.78, 5) is 11.3. The zero-order valence-corrected chi connectivity index (χ0v) is 10.8. The predicted molar refractivity (Wildman–Crippen MR) is 66.7 cm³/mol. The first-order valence-corrected chi connectivity index (χ1v) is 6.46. The lowest BCUT2D eigenvalue weighted by Gasteiger charge is -2.10. The van der Waals surface area contributed by atoms with Crippen molar-refractivity contribution in [2.75, 3.05) is 0 Å². The molecule has 0 atom stereocenters. The molecule has 0 saturated carbocycles. The maximum atomic E-state index is 12.6. The molecule has 2 rings (SSSR count). The minimum absolute atomic E-state index is 0.266. The second kappa shape index (κ2) is 5.62. The third kappa shape index (κ3) is 3.36. The van der Waals surface area contributed by atoms with Gasteiger partial charge in [0.15, 0.2) is 0 Å². The van der Waals surface area contributed by atoms with Gasteiger partial charge >= 0.3 is 12.1 Å². The molecule has 3 nitrogen and oxygen atoms in total. The van der Waals surface area contributed by atoms with Crippen molar-refractivity contribution in [3.63, 3.8) is 0 Å². The first kappa shape index (κ1) is 14.5. The van der Waals surface area contributed by atoms with Gasteiger partial charge in [-0.05, 0) is 30.3 Å². The van der Waals surface area contributed by atoms with E-state index in [-0.39, 0.29) is 10.5 Å². The van der Waals surface area contributed by atoms with E-state index in [1.54, 1.807) is 12.1 Å². The van der Waals surface area contributed by atoms with E-state index >= 15 is 0 Å². The molecule has 0 radical (unpaired) electrons. The van der Waals surface area contributed by atoms with Crippen LogP contribution in [0, 0.1) is 0 Å². The van der Waals surface area contributed by atoms with E-state index in [1.165, 1.54) is 12.3 Å². The van der Waals surface area contributed by atoms with Crippen molar-refractivity contribution >= 4 is 17.7 Å². The molecular formula is C13H9F3O3S. The van der Waals surface area contributed by atoms with Crippen LogP contribution in [0.1, 0.15) is 21.7 Å². The Hall–Kier alpha value is -1.89. The quantitative estimate of drug-likeness (QED) is 0.856. The average molecular weight is 302 g/mol. The van der Waals surface area contributed by atoms with Gasteiger partial charge in [-0.25, -0.2) is 4.79 Å². The number of carboxylic acid groups (broad SMARTS) is 1. The van der Waals surface area contributed by atoms with Gasteiger partial charge in [-0.15, -0.1) is 11.8 Å². The van der Waals surface area contributed by atoms with E-state index in [4.69, 9.17) is 9.52 Å². The number of benzene rings is 1. The summed E-state index contributed by atoms with van der Waals surface area (Å²) < 4.78 is 42.8. The molecule has 0 bridgehead atoms. The van der Waals surface area contributed by atoms with Crippen LogP contribution in [0.3, 0.4) is 0 Å². The minimum Gasteiger partial charge on any atom is -0.478 e. The summed E-state index contributed by atoms with van der Waals surface area (Å²) in [6.45, 7) is 0. The largest absolute Gasteiger partial charge is 0.478 e. The van der Waals surface area contributed by atoms with E-state index < -0.39 is 17.7 Å². The Morgan fingerprint density at radius 1 is 1.30 bits per heavy atom. The van der Waals surface area contributed by atoms with Gasteiger partial charge in [0.05, 0.1) is 23.1 Å². The molecule has 0 spiro atoms. The fraction of sp³-hybridized carbons (Fsp3) is 0.154. The summed E-state index contributed by atoms with van der Waals surface area (Å²) in [5, 5.41) is 9.01. The van der Waals surface area contributed by atoms with Crippen molar-refractivity contribution in [3.05, 3.63) is 53.5 Å². The topological polar surface area (TPSA) is 50.4 Å². The van der Waals surface area contributed by atoms with Crippen LogP contribution in [0.25, 0.3) is 0 Å². The fourth-order valence-corrected chi connectivity index (χ4v) is 2.47. The number of hydrogen-bond acceptors (Lipinski definition) is 3. The first-order chi connectivity index (χ1) is 9.38. The van der Waals surface area contributed by atoms with Crippen molar-refractivity contribution < 1.29 is 27.5 Å². The number of halogens is 3. The average Bonchev–Trinajstić information content (AvgIpc) is 2.88. The SMILES string of the molecule is O=C(O)c1cc(C(F)(F)F)ccc1SCc1ccco1. The second-order valence-corrected chi connectivity index (χ2v) is 4.90. The van der Waals surface area contributed by atoms with Gasteiger partial charge in [-0.1, -0.05) is 0 Å². The molecule has 106 valence electrons. The van der Waals surface area contributed by atoms with Crippen LogP contribution in [0.2, 0.25) is 0 Å². The number of carbonyl (C=O) groups is 1. The molecular weight excluding hydrogens is 293 g/mol. The van der Waals surface area contributed by atoms with Crippen molar-refractivity contribution in [2.45, 2.75) is 16.8 Å². The molecule has 1 aromatic heterocycles. The van der Waals surface area contributed by atoms with Crippen LogP contribution in [0.15, 0.2) is 45.9 Å². The van der Waals surface area contributed by atoms with E-state index in [0.29, 0.717) is 17.6 Å². The standard InChI is InChI=1S/C13H9F3O3S/c14-13(15,16)8-3-4-11(10(6-8)12(17)18)20-7-9-2-1-5-19-9/h1-6H,7H2,(H,17,18). The lowest BCUT2D eigenvalue weighted by Crippen LogP contribution is -2.08. The molecule has 0 unspecified atom stereocenters. The molecule has 7 heteroatoms. The van der Waals surface area contributed by atoms with E-state index in [0.717, 1.165) is 17.8 Å². The van der Waals surface area contributed by atoms with E-state index in [9.17, 15) is 18.0 Å². The first-order valence-electron chi connectivity index (χ1n) is 5.47. The monoisotopic (exact) mass is 302 g/mol. The van der Waals surface area contributed by atoms with Crippen LogP contribution in [0.4, 0.5) is 13.2 Å². The number of carboxylic acids is 1. The molecule has 0 amide bonds. The van der Waals surface area contributed by atoms with Gasteiger partial charge in [0.25, 0.3) is 0 Å². The molecule has 1 heterocycles. The smallest absolute Gasteiger partial charge is 0.416 e. The molecule has 2 aromatic rings. The number of thioether (sulfide) groups is 1. The Morgan fingerprint density at radius 3 is 2.60 bits per heavy atom. The molecule has 20 heavy (non-hydrogen) atoms. The van der Waals surface area contributed by atoms with Gasteiger partial charge in [0, 0.05) is 4.90 Å². The summed E-state index contributed by atoms with van der Waals surface area (Å²) in [5.41, 5.74) is -1.34. The molecule has 0 aliphatic carbocycles. The Morgan fingerprint density at radius 2 is 2.05 bits per heavy atom. The fourth-order valence-electron chi connectivity index (χ4n) is 1.54. The van der Waals surface area contributed by atoms with E-state index in [2.05, 4.69) is 0 Å². The second-order valence-electron chi connectivity index (χ2n) is 3.88. The predicted octanol–water partition coefficient (Wildman–Crippen LogP) is 4.29. The number of alkyl halides is 3. The summed E-state index contributed by atoms with van der Waals surface area (Å²) in [6.07, 6.45) is -3.09. The lowest BCUT2D eigenvalue weighted by molar-refractivity contribution is -0.137. The molecule has 0 aliphatic heterocycles. The molecule has 0 aliphatic rings. The summed E-state index contributed by atoms with van der Waals surface area (Å²) in [7, 11) is 0. The van der Waals surface area contributed by atoms with Gasteiger partial charge in [0.1, 0.15) is 5.76 Å². The van der Waals surface area contributed by atoms with Crippen molar-refractivity contribution in [3.8, 4) is 0 Å². The van der Waals surface area contributed by atoms with Crippen LogP contribution in [-0.4, -0.2) is 11.1 Å². The van der Waals surface area contributed by atoms with Crippen LogP contribution >= 0.6 is 11.8 Å². The minimum atomic E-state index is -4.56. The van der Waals surface area contributed by atoms with Crippen LogP contribution in [0.5, 0.6) is 0 Å². The summed E-state index contributed by atoms with van der Waals surface area (Å²) in [6, 6.07) is 6.07. The van der Waals surface area contributed by atoms with Gasteiger partial charge in [-0.2, -0.15) is 13.2 Å². The van der Waals surface area contributed by atoms with Crippen LogP contribution < -0.4 is 0 Å². The zero-order valence-electron chi connectivity index (χ0n) is 9.98. The third-order valence-electron chi connectivity index (χ3n) is 2.49. The van der Waals surface area contributed by atoms with Crippen molar-refractivity contribution in [1.29, 1.82) is 0 Å². The molecule has 0 fully saturated rings. The Labute approximate surface area is 116 Å². The number of aromatic carboxylic acids is 1. The van der Waals surface area contributed by atoms with Crippen molar-refractivity contribution in [1.82, 2.24) is 0 Å². The highest BCUT2D eigenvalue weighted by molar-refractivity contribution is 7.98. The van der Waals surface area contributed by atoms with Gasteiger partial charge in [-0.3, -0.25) is 0 Å². The highest BCUT2D eigenvalue weighted by Gasteiger charge is 2.31. The van der Waals surface area contributed by atoms with Crippen LogP contribution in [-0.2, 0) is 11.9 Å². The van der Waals surface area contributed by atoms with Gasteiger partial charge in [0.2, 0.25) is 0 Å². The highest BCUT2D eigenvalue weighted by Crippen LogP contribution is 2.34. The number of rotatable bonds is 4. The molecule has 0 saturated heterocycles. The summed E-state index contributed by atoms with van der Waals surface area (Å²) in [5.74, 6) is -0.428.